The maximum atomic E-state index is 11.3. The molecule has 1 aliphatic heterocycles. The number of phosphoric ester groups is 1. The minimum Gasteiger partial charge on any atom is -0.756 e. The third-order valence-corrected chi connectivity index (χ3v) is 5.59. The molecule has 2 aromatic heterocycles. The van der Waals surface area contributed by atoms with Crippen molar-refractivity contribution in [2.45, 2.75) is 24.9 Å². The summed E-state index contributed by atoms with van der Waals surface area (Å²) in [6.07, 6.45) is -0.362. The maximum Gasteiger partial charge on any atom is 0.274 e. The van der Waals surface area contributed by atoms with E-state index < -0.39 is 40.7 Å². The summed E-state index contributed by atoms with van der Waals surface area (Å²) in [4.78, 5) is 42.0. The van der Waals surface area contributed by atoms with Crippen molar-refractivity contribution in [2.75, 3.05) is 12.3 Å². The number of aliphatic hydroxyl groups is 1. The largest absolute Gasteiger partial charge is 0.756 e. The third-order valence-electron chi connectivity index (χ3n) is 3.50. The van der Waals surface area contributed by atoms with Crippen LogP contribution in [-0.2, 0) is 22.7 Å². The average molecular weight is 455 g/mol. The van der Waals surface area contributed by atoms with E-state index in [4.69, 9.17) is 15.4 Å². The van der Waals surface area contributed by atoms with Gasteiger partial charge in [-0.1, -0.05) is 0 Å². The first-order valence-corrected chi connectivity index (χ1v) is 9.98. The molecule has 14 nitrogen and oxygen atoms in total. The van der Waals surface area contributed by atoms with E-state index in [0.717, 1.165) is 0 Å². The number of hydrogen-bond donors (Lipinski definition) is 3. The molecule has 18 heteroatoms. The Morgan fingerprint density at radius 3 is 2.64 bits per heavy atom. The molecular weight excluding hydrogens is 442 g/mol. The first kappa shape index (κ1) is 26.6. The molecule has 0 bridgehead atoms. The Balaban J connectivity index is 0.00000196. The summed E-state index contributed by atoms with van der Waals surface area (Å²) in [7, 11) is -10.9. The maximum absolute atomic E-state index is 11.3. The number of phosphoric acid groups is 2. The fourth-order valence-corrected chi connectivity index (χ4v) is 3.96. The zero-order valence-electron chi connectivity index (χ0n) is 14.8. The molecule has 28 heavy (non-hydrogen) atoms. The van der Waals surface area contributed by atoms with Crippen LogP contribution < -0.4 is 15.5 Å². The van der Waals surface area contributed by atoms with Crippen molar-refractivity contribution < 1.29 is 42.5 Å². The van der Waals surface area contributed by atoms with Crippen LogP contribution >= 0.6 is 15.6 Å². The molecule has 2 aromatic rings. The standard InChI is InChI=1S/C10H15N5O9P2.2Na/c11-9-8-10(13-3-12-9)15(4-14-8)7-1-5(16)6(23-7)2-22-26(20,21)24-25(17,18)19;;/h3-7,16H,1-2H2,(H,20,21)(H2,11,12,13)(H2,17,18,19);;/p-2/t5-,6+,7+;;/m0../s1. The van der Waals surface area contributed by atoms with Crippen LogP contribution in [0, 0.1) is 0 Å². The predicted octanol–water partition coefficient (Wildman–Crippen LogP) is -2.74. The Hall–Kier alpha value is 0.530. The fraction of sp³-hybridized carbons (Fsp3) is 0.500. The topological polar surface area (TPSA) is 218 Å². The van der Waals surface area contributed by atoms with Gasteiger partial charge in [-0.15, -0.1) is 0 Å². The minimum atomic E-state index is -5.54. The van der Waals surface area contributed by atoms with Crippen LogP contribution in [0.15, 0.2) is 12.7 Å². The van der Waals surface area contributed by atoms with Crippen LogP contribution in [0.4, 0.5) is 5.82 Å². The van der Waals surface area contributed by atoms with Crippen LogP contribution in [0.5, 0.6) is 0 Å². The second-order valence-electron chi connectivity index (χ2n) is 5.31. The number of hydrogen-bond acceptors (Lipinski definition) is 12. The summed E-state index contributed by atoms with van der Waals surface area (Å²) in [6, 6.07) is 0. The van der Waals surface area contributed by atoms with Crippen molar-refractivity contribution in [3.63, 3.8) is 0 Å². The number of aromatic nitrogens is 4. The molecule has 3 rings (SSSR count). The zero-order chi connectivity index (χ0) is 19.1. The monoisotopic (exact) mass is 455 g/mol. The van der Waals surface area contributed by atoms with Gasteiger partial charge in [-0.25, -0.2) is 19.3 Å². The molecule has 3 heterocycles. The van der Waals surface area contributed by atoms with Crippen molar-refractivity contribution >= 4 is 91.7 Å². The molecule has 1 saturated heterocycles. The van der Waals surface area contributed by atoms with E-state index in [9.17, 15) is 24.0 Å². The van der Waals surface area contributed by atoms with Gasteiger partial charge in [0.15, 0.2) is 11.5 Å². The minimum absolute atomic E-state index is 0. The van der Waals surface area contributed by atoms with Crippen molar-refractivity contribution in [3.8, 4) is 0 Å². The molecule has 0 saturated carbocycles. The third kappa shape index (κ3) is 6.51. The summed E-state index contributed by atoms with van der Waals surface area (Å²) in [5.74, 6) is 0.155. The van der Waals surface area contributed by atoms with Gasteiger partial charge in [-0.2, -0.15) is 0 Å². The quantitative estimate of drug-likeness (QED) is 0.298. The Bertz CT molecular complexity index is 911. The average Bonchev–Trinajstić information content (AvgIpc) is 3.07. The second kappa shape index (κ2) is 10.2. The number of ether oxygens (including phenoxy) is 1. The van der Waals surface area contributed by atoms with E-state index in [1.165, 1.54) is 17.2 Å². The normalized spacial score (nSPS) is 26.1. The molecule has 4 N–H and O–H groups in total. The van der Waals surface area contributed by atoms with Crippen LogP contribution in [0.2, 0.25) is 0 Å². The molecule has 0 spiro atoms. The van der Waals surface area contributed by atoms with Crippen LogP contribution in [0.25, 0.3) is 11.2 Å². The molecule has 0 aliphatic carbocycles. The molecule has 5 atom stereocenters. The van der Waals surface area contributed by atoms with Crippen LogP contribution in [-0.4, -0.2) is 107 Å². The Morgan fingerprint density at radius 1 is 1.32 bits per heavy atom. The van der Waals surface area contributed by atoms with E-state index >= 15 is 0 Å². The van der Waals surface area contributed by atoms with E-state index in [0.29, 0.717) is 11.2 Å². The van der Waals surface area contributed by atoms with Gasteiger partial charge < -0.3 is 34.8 Å². The van der Waals surface area contributed by atoms with Gasteiger partial charge in [-0.3, -0.25) is 13.7 Å². The molecular formula is C10H13N5Na2O9P2-2. The number of nitrogens with two attached hydrogens (primary N) is 1. The number of nitrogen functional groups attached to an aromatic ring is 1. The van der Waals surface area contributed by atoms with Gasteiger partial charge in [-0.05, 0) is 0 Å². The molecule has 0 aromatic carbocycles. The Kier molecular flexibility index (Phi) is 9.70. The van der Waals surface area contributed by atoms with Crippen molar-refractivity contribution in [1.29, 1.82) is 0 Å². The SMILES string of the molecule is Nc1ncnc2c1ncn2[C@H]1C[C@H](O)[C@@H](COP(=O)([O-])OP(=O)([O-])O)O1.[Na].[Na]. The Morgan fingerprint density at radius 2 is 2.00 bits per heavy atom. The van der Waals surface area contributed by atoms with Crippen LogP contribution in [0.1, 0.15) is 12.6 Å². The van der Waals surface area contributed by atoms with Gasteiger partial charge in [0.05, 0.1) is 19.0 Å². The molecule has 2 unspecified atom stereocenters. The van der Waals surface area contributed by atoms with Gasteiger partial charge in [0, 0.05) is 65.5 Å². The van der Waals surface area contributed by atoms with Crippen molar-refractivity contribution in [1.82, 2.24) is 19.5 Å². The summed E-state index contributed by atoms with van der Waals surface area (Å²) in [5, 5.41) is 10.0. The smallest absolute Gasteiger partial charge is 0.274 e. The van der Waals surface area contributed by atoms with Gasteiger partial charge >= 0.3 is 0 Å². The van der Waals surface area contributed by atoms with E-state index in [-0.39, 0.29) is 71.4 Å². The predicted molar refractivity (Wildman–Crippen MR) is 90.2 cm³/mol. The molecule has 2 radical (unpaired) electrons. The number of nitrogens with zero attached hydrogens (tertiary/aromatic N) is 4. The van der Waals surface area contributed by atoms with Gasteiger partial charge in [0.25, 0.3) is 15.6 Å². The summed E-state index contributed by atoms with van der Waals surface area (Å²) < 4.78 is 36.5. The van der Waals surface area contributed by atoms with E-state index in [1.807, 2.05) is 0 Å². The Labute approximate surface area is 202 Å². The summed E-state index contributed by atoms with van der Waals surface area (Å²) in [5.41, 5.74) is 6.36. The number of rotatable bonds is 6. The van der Waals surface area contributed by atoms with E-state index in [1.54, 1.807) is 0 Å². The van der Waals surface area contributed by atoms with Gasteiger partial charge in [0.2, 0.25) is 0 Å². The second-order valence-corrected chi connectivity index (χ2v) is 8.05. The molecule has 0 amide bonds. The molecule has 1 aliphatic rings. The fourth-order valence-electron chi connectivity index (χ4n) is 2.43. The molecule has 146 valence electrons. The van der Waals surface area contributed by atoms with Crippen LogP contribution in [0.3, 0.4) is 0 Å². The first-order valence-electron chi connectivity index (χ1n) is 7.03. The summed E-state index contributed by atoms with van der Waals surface area (Å²) >= 11 is 0. The number of anilines is 1. The van der Waals surface area contributed by atoms with Crippen molar-refractivity contribution in [3.05, 3.63) is 12.7 Å². The summed E-state index contributed by atoms with van der Waals surface area (Å²) in [6.45, 7) is -0.734. The van der Waals surface area contributed by atoms with E-state index in [2.05, 4.69) is 23.8 Å². The molecule has 1 fully saturated rings. The number of fused-ring (bicyclic) bond motifs is 1. The zero-order valence-corrected chi connectivity index (χ0v) is 20.6. The number of aliphatic hydroxyl groups excluding tert-OH is 1. The van der Waals surface area contributed by atoms with Crippen molar-refractivity contribution in [2.24, 2.45) is 0 Å². The first-order chi connectivity index (χ1) is 12.1. The number of imidazole rings is 1. The van der Waals surface area contributed by atoms with Gasteiger partial charge in [0.1, 0.15) is 24.2 Å².